The van der Waals surface area contributed by atoms with E-state index in [0.29, 0.717) is 5.76 Å². The van der Waals surface area contributed by atoms with Gasteiger partial charge < -0.3 is 9.73 Å². The second kappa shape index (κ2) is 5.66. The van der Waals surface area contributed by atoms with Crippen molar-refractivity contribution in [2.75, 3.05) is 5.32 Å². The Labute approximate surface area is 112 Å². The molecule has 0 saturated carbocycles. The number of anilines is 1. The largest absolute Gasteiger partial charge is 0.465 e. The molecule has 92 valence electrons. The van der Waals surface area contributed by atoms with Gasteiger partial charge in [0.25, 0.3) is 0 Å². The van der Waals surface area contributed by atoms with Crippen molar-refractivity contribution in [3.05, 3.63) is 46.9 Å². The molecular weight excluding hydrogens is 277 g/mol. The number of hydrogen-bond acceptors (Lipinski definition) is 4. The molecule has 5 nitrogen and oxygen atoms in total. The van der Waals surface area contributed by atoms with Crippen LogP contribution in [0.4, 0.5) is 5.69 Å². The summed E-state index contributed by atoms with van der Waals surface area (Å²) in [5.74, 6) is 0.150. The van der Waals surface area contributed by atoms with Crippen LogP contribution in [-0.2, 0) is 4.79 Å². The molecule has 2 aromatic rings. The van der Waals surface area contributed by atoms with Gasteiger partial charge in [0.05, 0.1) is 6.26 Å². The summed E-state index contributed by atoms with van der Waals surface area (Å²) < 4.78 is 5.04. The van der Waals surface area contributed by atoms with Crippen molar-refractivity contribution < 1.29 is 9.21 Å². The average molecular weight is 284 g/mol. The maximum Gasteiger partial charge on any atom is 0.248 e. The topological polar surface area (TPSA) is 68.0 Å². The van der Waals surface area contributed by atoms with Crippen molar-refractivity contribution in [3.63, 3.8) is 0 Å². The van der Waals surface area contributed by atoms with E-state index in [1.54, 1.807) is 12.1 Å². The van der Waals surface area contributed by atoms with Crippen LogP contribution < -0.4 is 5.32 Å². The van der Waals surface area contributed by atoms with E-state index in [2.05, 4.69) is 15.3 Å². The van der Waals surface area contributed by atoms with E-state index in [1.807, 2.05) is 0 Å². The zero-order valence-electron chi connectivity index (χ0n) is 8.93. The molecule has 2 heterocycles. The second-order valence-electron chi connectivity index (χ2n) is 3.17. The molecule has 1 N–H and O–H groups in total. The van der Waals surface area contributed by atoms with Gasteiger partial charge in [0.15, 0.2) is 10.3 Å². The van der Waals surface area contributed by atoms with Crippen molar-refractivity contribution in [1.82, 2.24) is 9.97 Å². The summed E-state index contributed by atoms with van der Waals surface area (Å²) >= 11 is 11.6. The van der Waals surface area contributed by atoms with Crippen LogP contribution in [0, 0.1) is 0 Å². The number of amides is 1. The van der Waals surface area contributed by atoms with Gasteiger partial charge in [-0.2, -0.15) is 0 Å². The van der Waals surface area contributed by atoms with Crippen molar-refractivity contribution in [2.45, 2.75) is 0 Å². The summed E-state index contributed by atoms with van der Waals surface area (Å²) in [5.41, 5.74) is 0.176. The minimum atomic E-state index is -0.412. The van der Waals surface area contributed by atoms with E-state index in [1.165, 1.54) is 24.7 Å². The van der Waals surface area contributed by atoms with E-state index in [0.717, 1.165) is 0 Å². The van der Waals surface area contributed by atoms with E-state index >= 15 is 0 Å². The van der Waals surface area contributed by atoms with Crippen molar-refractivity contribution in [2.24, 2.45) is 0 Å². The number of rotatable bonds is 3. The quantitative estimate of drug-likeness (QED) is 0.694. The lowest BCUT2D eigenvalue weighted by Crippen LogP contribution is -2.09. The summed E-state index contributed by atoms with van der Waals surface area (Å²) in [6, 6.07) is 3.44. The van der Waals surface area contributed by atoms with Gasteiger partial charge in [-0.1, -0.05) is 23.2 Å². The Morgan fingerprint density at radius 1 is 1.33 bits per heavy atom. The molecule has 0 spiro atoms. The third-order valence-corrected chi connectivity index (χ3v) is 2.52. The number of carbonyl (C=O) groups excluding carboxylic acids is 1. The molecule has 18 heavy (non-hydrogen) atoms. The summed E-state index contributed by atoms with van der Waals surface area (Å²) in [6.07, 6.45) is 5.52. The number of nitrogens with zero attached hydrogens (tertiary/aromatic N) is 2. The SMILES string of the molecule is O=C(/C=C/c1ccco1)Nc1c(Cl)ncnc1Cl. The van der Waals surface area contributed by atoms with Gasteiger partial charge >= 0.3 is 0 Å². The Balaban J connectivity index is 2.08. The predicted molar refractivity (Wildman–Crippen MR) is 68.4 cm³/mol. The van der Waals surface area contributed by atoms with Gasteiger partial charge in [0.1, 0.15) is 17.8 Å². The Bertz CT molecular complexity index is 562. The highest BCUT2D eigenvalue weighted by atomic mass is 35.5. The number of furan rings is 1. The Hall–Kier alpha value is -1.85. The van der Waals surface area contributed by atoms with E-state index < -0.39 is 5.91 Å². The highest BCUT2D eigenvalue weighted by Gasteiger charge is 2.09. The zero-order chi connectivity index (χ0) is 13.0. The number of hydrogen-bond donors (Lipinski definition) is 1. The predicted octanol–water partition coefficient (Wildman–Crippen LogP) is 3.03. The second-order valence-corrected chi connectivity index (χ2v) is 3.88. The van der Waals surface area contributed by atoms with Gasteiger partial charge in [-0.15, -0.1) is 0 Å². The molecule has 0 aromatic carbocycles. The molecular formula is C11H7Cl2N3O2. The molecule has 0 unspecified atom stereocenters. The van der Waals surface area contributed by atoms with E-state index in [9.17, 15) is 4.79 Å². The van der Waals surface area contributed by atoms with Crippen LogP contribution in [0.2, 0.25) is 10.3 Å². The minimum absolute atomic E-state index is 0.0785. The maximum atomic E-state index is 11.6. The fraction of sp³-hybridized carbons (Fsp3) is 0. The molecule has 1 amide bonds. The van der Waals surface area contributed by atoms with E-state index in [4.69, 9.17) is 27.6 Å². The molecule has 0 saturated heterocycles. The monoisotopic (exact) mass is 283 g/mol. The lowest BCUT2D eigenvalue weighted by atomic mass is 10.4. The van der Waals surface area contributed by atoms with E-state index in [-0.39, 0.29) is 16.0 Å². The van der Waals surface area contributed by atoms with Gasteiger partial charge in [0.2, 0.25) is 5.91 Å². The average Bonchev–Trinajstić information content (AvgIpc) is 2.84. The van der Waals surface area contributed by atoms with Gasteiger partial charge in [-0.25, -0.2) is 9.97 Å². The highest BCUT2D eigenvalue weighted by Crippen LogP contribution is 2.25. The molecule has 0 aliphatic rings. The van der Waals surface area contributed by atoms with Crippen molar-refractivity contribution >= 4 is 40.9 Å². The van der Waals surface area contributed by atoms with Crippen LogP contribution in [-0.4, -0.2) is 15.9 Å². The van der Waals surface area contributed by atoms with Crippen LogP contribution in [0.3, 0.4) is 0 Å². The molecule has 0 aliphatic carbocycles. The third kappa shape index (κ3) is 3.09. The molecule has 0 radical (unpaired) electrons. The first kappa shape index (κ1) is 12.6. The van der Waals surface area contributed by atoms with Crippen molar-refractivity contribution in [1.29, 1.82) is 0 Å². The van der Waals surface area contributed by atoms with Crippen LogP contribution in [0.15, 0.2) is 35.2 Å². The summed E-state index contributed by atoms with van der Waals surface area (Å²) in [7, 11) is 0. The van der Waals surface area contributed by atoms with Gasteiger partial charge in [0, 0.05) is 6.08 Å². The highest BCUT2D eigenvalue weighted by molar-refractivity contribution is 6.38. The first-order valence-electron chi connectivity index (χ1n) is 4.85. The molecule has 2 rings (SSSR count). The zero-order valence-corrected chi connectivity index (χ0v) is 10.4. The number of halogens is 2. The summed E-state index contributed by atoms with van der Waals surface area (Å²) in [5, 5.41) is 2.64. The molecule has 0 aliphatic heterocycles. The van der Waals surface area contributed by atoms with Crippen LogP contribution in [0.1, 0.15) is 5.76 Å². The number of carbonyl (C=O) groups is 1. The van der Waals surface area contributed by atoms with Crippen LogP contribution in [0.25, 0.3) is 6.08 Å². The van der Waals surface area contributed by atoms with Crippen molar-refractivity contribution in [3.8, 4) is 0 Å². The molecule has 0 fully saturated rings. The molecule has 0 atom stereocenters. The Morgan fingerprint density at radius 3 is 2.67 bits per heavy atom. The number of nitrogens with one attached hydrogen (secondary N) is 1. The lowest BCUT2D eigenvalue weighted by molar-refractivity contribution is -0.111. The normalized spacial score (nSPS) is 10.8. The fourth-order valence-corrected chi connectivity index (χ4v) is 1.57. The summed E-state index contributed by atoms with van der Waals surface area (Å²) in [4.78, 5) is 19.0. The van der Waals surface area contributed by atoms with Crippen LogP contribution in [0.5, 0.6) is 0 Å². The minimum Gasteiger partial charge on any atom is -0.465 e. The first-order chi connectivity index (χ1) is 8.66. The van der Waals surface area contributed by atoms with Gasteiger partial charge in [-0.3, -0.25) is 4.79 Å². The Kier molecular flexibility index (Phi) is 3.96. The third-order valence-electron chi connectivity index (χ3n) is 1.95. The molecule has 7 heteroatoms. The Morgan fingerprint density at radius 2 is 2.06 bits per heavy atom. The molecule has 2 aromatic heterocycles. The standard InChI is InChI=1S/C11H7Cl2N3O2/c12-10-9(11(13)15-6-14-10)16-8(17)4-3-7-2-1-5-18-7/h1-6H,(H,16,17)/b4-3+. The summed E-state index contributed by atoms with van der Waals surface area (Å²) in [6.45, 7) is 0. The fourth-order valence-electron chi connectivity index (χ4n) is 1.16. The smallest absolute Gasteiger partial charge is 0.248 e. The van der Waals surface area contributed by atoms with Crippen LogP contribution >= 0.6 is 23.2 Å². The first-order valence-corrected chi connectivity index (χ1v) is 5.61. The molecule has 0 bridgehead atoms. The maximum absolute atomic E-state index is 11.6. The number of aromatic nitrogens is 2. The lowest BCUT2D eigenvalue weighted by Gasteiger charge is -2.04. The van der Waals surface area contributed by atoms with Gasteiger partial charge in [-0.05, 0) is 18.2 Å².